The average molecular weight is 342 g/mol. The predicted molar refractivity (Wildman–Crippen MR) is 84.1 cm³/mol. The molecule has 1 saturated heterocycles. The van der Waals surface area contributed by atoms with E-state index in [1.807, 2.05) is 6.07 Å². The van der Waals surface area contributed by atoms with Crippen LogP contribution in [0.2, 0.25) is 0 Å². The van der Waals surface area contributed by atoms with Crippen LogP contribution in [0.5, 0.6) is 0 Å². The summed E-state index contributed by atoms with van der Waals surface area (Å²) in [5.41, 5.74) is 0.708. The smallest absolute Gasteiger partial charge is 0.293 e. The summed E-state index contributed by atoms with van der Waals surface area (Å²) in [5.74, 6) is 0.469. The Kier molecular flexibility index (Phi) is 5.37. The van der Waals surface area contributed by atoms with Gasteiger partial charge >= 0.3 is 0 Å². The van der Waals surface area contributed by atoms with Crippen molar-refractivity contribution >= 4 is 27.3 Å². The van der Waals surface area contributed by atoms with Crippen molar-refractivity contribution in [3.8, 4) is 0 Å². The van der Waals surface area contributed by atoms with E-state index in [4.69, 9.17) is 0 Å². The molecule has 0 radical (unpaired) electrons. The highest BCUT2D eigenvalue weighted by atomic mass is 79.9. The quantitative estimate of drug-likeness (QED) is 0.635. The Hall–Kier alpha value is -1.14. The van der Waals surface area contributed by atoms with E-state index in [9.17, 15) is 10.1 Å². The Labute approximate surface area is 127 Å². The van der Waals surface area contributed by atoms with Crippen molar-refractivity contribution in [2.24, 2.45) is 5.92 Å². The number of hydrogen-bond donors (Lipinski definition) is 1. The molecule has 1 aromatic rings. The van der Waals surface area contributed by atoms with Gasteiger partial charge in [-0.2, -0.15) is 0 Å². The monoisotopic (exact) mass is 341 g/mol. The van der Waals surface area contributed by atoms with Crippen LogP contribution < -0.4 is 5.32 Å². The van der Waals surface area contributed by atoms with Crippen molar-refractivity contribution in [2.75, 3.05) is 31.5 Å². The normalized spacial score (nSPS) is 17.1. The minimum atomic E-state index is -0.349. The molecule has 5 nitrogen and oxygen atoms in total. The Morgan fingerprint density at radius 3 is 2.80 bits per heavy atom. The first-order valence-corrected chi connectivity index (χ1v) is 7.75. The largest absolute Gasteiger partial charge is 0.379 e. The molecule has 0 saturated carbocycles. The number of nitro benzene ring substituents is 1. The third-order valence-corrected chi connectivity index (χ3v) is 4.06. The lowest BCUT2D eigenvalue weighted by Crippen LogP contribution is -2.28. The van der Waals surface area contributed by atoms with Crippen molar-refractivity contribution in [1.82, 2.24) is 4.90 Å². The zero-order chi connectivity index (χ0) is 14.5. The third-order valence-electron chi connectivity index (χ3n) is 3.57. The number of rotatable bonds is 6. The average Bonchev–Trinajstić information content (AvgIpc) is 2.90. The molecule has 0 bridgehead atoms. The molecule has 110 valence electrons. The number of benzene rings is 1. The van der Waals surface area contributed by atoms with E-state index in [1.165, 1.54) is 32.0 Å². The number of anilines is 1. The van der Waals surface area contributed by atoms with Crippen LogP contribution in [0.1, 0.15) is 19.8 Å². The zero-order valence-electron chi connectivity index (χ0n) is 11.6. The first-order chi connectivity index (χ1) is 9.56. The van der Waals surface area contributed by atoms with Crippen molar-refractivity contribution in [2.45, 2.75) is 19.8 Å². The number of nitrogens with zero attached hydrogens (tertiary/aromatic N) is 2. The lowest BCUT2D eigenvalue weighted by molar-refractivity contribution is -0.384. The minimum absolute atomic E-state index is 0.118. The van der Waals surface area contributed by atoms with Crippen LogP contribution in [0, 0.1) is 16.0 Å². The van der Waals surface area contributed by atoms with E-state index in [1.54, 1.807) is 6.07 Å². The predicted octanol–water partition coefficient (Wildman–Crippen LogP) is 3.50. The molecule has 6 heteroatoms. The number of hydrogen-bond acceptors (Lipinski definition) is 4. The van der Waals surface area contributed by atoms with Crippen LogP contribution in [0.4, 0.5) is 11.4 Å². The minimum Gasteiger partial charge on any atom is -0.379 e. The second-order valence-corrected chi connectivity index (χ2v) is 6.33. The Morgan fingerprint density at radius 1 is 1.45 bits per heavy atom. The van der Waals surface area contributed by atoms with Gasteiger partial charge < -0.3 is 10.2 Å². The number of nitrogens with one attached hydrogen (secondary N) is 1. The van der Waals surface area contributed by atoms with Gasteiger partial charge in [-0.25, -0.2) is 0 Å². The number of halogens is 1. The third kappa shape index (κ3) is 4.18. The molecule has 0 spiro atoms. The van der Waals surface area contributed by atoms with Crippen molar-refractivity contribution < 1.29 is 4.92 Å². The van der Waals surface area contributed by atoms with Crippen LogP contribution in [0.3, 0.4) is 0 Å². The SMILES string of the molecule is CC(CNc1ccc(Br)cc1[N+](=O)[O-])CN1CCCC1. The molecular formula is C14H20BrN3O2. The first kappa shape index (κ1) is 15.3. The molecule has 1 unspecified atom stereocenters. The van der Waals surface area contributed by atoms with E-state index >= 15 is 0 Å². The summed E-state index contributed by atoms with van der Waals surface area (Å²) >= 11 is 3.26. The second-order valence-electron chi connectivity index (χ2n) is 5.41. The van der Waals surface area contributed by atoms with E-state index in [2.05, 4.69) is 33.1 Å². The molecule has 1 heterocycles. The fourth-order valence-electron chi connectivity index (χ4n) is 2.56. The number of likely N-dealkylation sites (tertiary alicyclic amines) is 1. The van der Waals surface area contributed by atoms with Crippen LogP contribution >= 0.6 is 15.9 Å². The number of nitro groups is 1. The molecule has 0 aliphatic carbocycles. The Balaban J connectivity index is 1.91. The zero-order valence-corrected chi connectivity index (χ0v) is 13.2. The summed E-state index contributed by atoms with van der Waals surface area (Å²) in [6.07, 6.45) is 2.58. The first-order valence-electron chi connectivity index (χ1n) is 6.96. The lowest BCUT2D eigenvalue weighted by Gasteiger charge is -2.20. The molecular weight excluding hydrogens is 322 g/mol. The topological polar surface area (TPSA) is 58.4 Å². The molecule has 0 amide bonds. The van der Waals surface area contributed by atoms with Gasteiger partial charge in [0.05, 0.1) is 4.92 Å². The van der Waals surface area contributed by atoms with Gasteiger partial charge in [-0.3, -0.25) is 10.1 Å². The fraction of sp³-hybridized carbons (Fsp3) is 0.571. The Bertz CT molecular complexity index is 475. The molecule has 1 atom stereocenters. The molecule has 1 fully saturated rings. The van der Waals surface area contributed by atoms with E-state index in [0.29, 0.717) is 11.6 Å². The van der Waals surface area contributed by atoms with Crippen molar-refractivity contribution in [1.29, 1.82) is 0 Å². The maximum Gasteiger partial charge on any atom is 0.293 e. The van der Waals surface area contributed by atoms with Gasteiger partial charge in [-0.1, -0.05) is 22.9 Å². The molecule has 0 aromatic heterocycles. The standard InChI is InChI=1S/C14H20BrN3O2/c1-11(10-17-6-2-3-7-17)9-16-13-5-4-12(15)8-14(13)18(19)20/h4-5,8,11,16H,2-3,6-7,9-10H2,1H3. The van der Waals surface area contributed by atoms with Crippen LogP contribution in [0.25, 0.3) is 0 Å². The highest BCUT2D eigenvalue weighted by Crippen LogP contribution is 2.28. The van der Waals surface area contributed by atoms with Crippen LogP contribution in [0.15, 0.2) is 22.7 Å². The molecule has 1 aliphatic heterocycles. The molecule has 1 N–H and O–H groups in total. The van der Waals surface area contributed by atoms with Gasteiger partial charge in [0, 0.05) is 23.6 Å². The van der Waals surface area contributed by atoms with E-state index < -0.39 is 0 Å². The van der Waals surface area contributed by atoms with Gasteiger partial charge in [-0.05, 0) is 44.0 Å². The van der Waals surface area contributed by atoms with Gasteiger partial charge in [-0.15, -0.1) is 0 Å². The van der Waals surface area contributed by atoms with Gasteiger partial charge in [0.1, 0.15) is 5.69 Å². The summed E-state index contributed by atoms with van der Waals surface area (Å²) in [6, 6.07) is 5.11. The second kappa shape index (κ2) is 7.04. The summed E-state index contributed by atoms with van der Waals surface area (Å²) < 4.78 is 0.722. The summed E-state index contributed by atoms with van der Waals surface area (Å²) in [7, 11) is 0. The van der Waals surface area contributed by atoms with Crippen LogP contribution in [-0.2, 0) is 0 Å². The van der Waals surface area contributed by atoms with Gasteiger partial charge in [0.15, 0.2) is 0 Å². The maximum absolute atomic E-state index is 11.0. The van der Waals surface area contributed by atoms with Gasteiger partial charge in [0.25, 0.3) is 5.69 Å². The van der Waals surface area contributed by atoms with Gasteiger partial charge in [0.2, 0.25) is 0 Å². The summed E-state index contributed by atoms with van der Waals surface area (Å²) in [4.78, 5) is 13.1. The lowest BCUT2D eigenvalue weighted by atomic mass is 10.1. The molecule has 2 rings (SSSR count). The maximum atomic E-state index is 11.0. The van der Waals surface area contributed by atoms with E-state index in [-0.39, 0.29) is 10.6 Å². The fourth-order valence-corrected chi connectivity index (χ4v) is 2.91. The highest BCUT2D eigenvalue weighted by molar-refractivity contribution is 9.10. The molecule has 1 aliphatic rings. The Morgan fingerprint density at radius 2 is 2.15 bits per heavy atom. The van der Waals surface area contributed by atoms with Crippen molar-refractivity contribution in [3.63, 3.8) is 0 Å². The molecule has 20 heavy (non-hydrogen) atoms. The molecule has 1 aromatic carbocycles. The summed E-state index contributed by atoms with van der Waals surface area (Å²) in [6.45, 7) is 6.35. The van der Waals surface area contributed by atoms with Crippen LogP contribution in [-0.4, -0.2) is 36.0 Å². The van der Waals surface area contributed by atoms with E-state index in [0.717, 1.165) is 17.6 Å². The highest BCUT2D eigenvalue weighted by Gasteiger charge is 2.17. The summed E-state index contributed by atoms with van der Waals surface area (Å²) in [5, 5.41) is 14.2. The van der Waals surface area contributed by atoms with Crippen molar-refractivity contribution in [3.05, 3.63) is 32.8 Å².